The van der Waals surface area contributed by atoms with Crippen LogP contribution in [0.3, 0.4) is 0 Å². The summed E-state index contributed by atoms with van der Waals surface area (Å²) in [6.07, 6.45) is 4.94. The minimum Gasteiger partial charge on any atom is -0.353 e. The first-order valence-electron chi connectivity index (χ1n) is 5.43. The van der Waals surface area contributed by atoms with Crippen molar-refractivity contribution in [3.63, 3.8) is 0 Å². The van der Waals surface area contributed by atoms with Gasteiger partial charge in [0, 0.05) is 6.04 Å². The van der Waals surface area contributed by atoms with Gasteiger partial charge in [-0.05, 0) is 31.1 Å². The van der Waals surface area contributed by atoms with E-state index in [4.69, 9.17) is 5.84 Å². The number of hydrogen-bond donors (Lipinski definition) is 3. The third kappa shape index (κ3) is 2.00. The predicted octanol–water partition coefficient (Wildman–Crippen LogP) is 0.746. The van der Waals surface area contributed by atoms with Gasteiger partial charge in [0.05, 0.1) is 6.04 Å². The van der Waals surface area contributed by atoms with E-state index in [1.165, 1.54) is 25.7 Å². The fourth-order valence-corrected chi connectivity index (χ4v) is 1.78. The lowest BCUT2D eigenvalue weighted by molar-refractivity contribution is 0.145. The van der Waals surface area contributed by atoms with Crippen molar-refractivity contribution in [2.24, 2.45) is 16.3 Å². The molecule has 2 aliphatic rings. The Morgan fingerprint density at radius 2 is 2.07 bits per heavy atom. The van der Waals surface area contributed by atoms with Gasteiger partial charge in [-0.1, -0.05) is 13.8 Å². The van der Waals surface area contributed by atoms with E-state index in [1.807, 2.05) is 0 Å². The summed E-state index contributed by atoms with van der Waals surface area (Å²) in [7, 11) is 0. The second kappa shape index (κ2) is 3.42. The average Bonchev–Trinajstić information content (AvgIpc) is 2.94. The number of aliphatic imine (C=N–C) groups is 1. The summed E-state index contributed by atoms with van der Waals surface area (Å²) in [6.45, 7) is 4.52. The lowest BCUT2D eigenvalue weighted by Gasteiger charge is -2.42. The molecular weight excluding hydrogens is 176 g/mol. The number of guanidine groups is 1. The summed E-state index contributed by atoms with van der Waals surface area (Å²) in [5, 5.41) is 3.29. The fraction of sp³-hybridized carbons (Fsp3) is 0.900. The van der Waals surface area contributed by atoms with E-state index < -0.39 is 0 Å². The molecule has 0 spiro atoms. The van der Waals surface area contributed by atoms with Gasteiger partial charge in [0.15, 0.2) is 0 Å². The van der Waals surface area contributed by atoms with Crippen molar-refractivity contribution < 1.29 is 0 Å². The molecule has 4 N–H and O–H groups in total. The van der Waals surface area contributed by atoms with Gasteiger partial charge in [-0.25, -0.2) is 10.8 Å². The molecule has 0 saturated heterocycles. The molecule has 4 heteroatoms. The summed E-state index contributed by atoms with van der Waals surface area (Å²) in [4.78, 5) is 4.60. The minimum absolute atomic E-state index is 0.354. The van der Waals surface area contributed by atoms with E-state index in [0.29, 0.717) is 17.5 Å². The van der Waals surface area contributed by atoms with Crippen LogP contribution in [0.15, 0.2) is 4.99 Å². The Balaban J connectivity index is 1.92. The monoisotopic (exact) mass is 196 g/mol. The van der Waals surface area contributed by atoms with Crippen LogP contribution < -0.4 is 16.6 Å². The third-order valence-corrected chi connectivity index (χ3v) is 3.30. The summed E-state index contributed by atoms with van der Waals surface area (Å²) in [5.41, 5.74) is 3.00. The Morgan fingerprint density at radius 3 is 2.43 bits per heavy atom. The fourth-order valence-electron chi connectivity index (χ4n) is 1.78. The molecule has 0 bridgehead atoms. The maximum Gasteiger partial charge on any atom is 0.206 e. The molecule has 2 saturated carbocycles. The van der Waals surface area contributed by atoms with Crippen LogP contribution >= 0.6 is 0 Å². The molecule has 0 heterocycles. The van der Waals surface area contributed by atoms with Crippen molar-refractivity contribution in [2.45, 2.75) is 51.6 Å². The highest BCUT2D eigenvalue weighted by molar-refractivity contribution is 5.80. The summed E-state index contributed by atoms with van der Waals surface area (Å²) in [5.74, 6) is 6.19. The third-order valence-electron chi connectivity index (χ3n) is 3.30. The first-order chi connectivity index (χ1) is 6.62. The Labute approximate surface area is 85.3 Å². The van der Waals surface area contributed by atoms with Gasteiger partial charge in [0.25, 0.3) is 0 Å². The second-order valence-electron chi connectivity index (χ2n) is 5.08. The topological polar surface area (TPSA) is 62.4 Å². The normalized spacial score (nSPS) is 30.8. The maximum atomic E-state index is 5.42. The molecule has 0 aromatic carbocycles. The molecule has 2 fully saturated rings. The van der Waals surface area contributed by atoms with Crippen molar-refractivity contribution in [3.05, 3.63) is 0 Å². The second-order valence-corrected chi connectivity index (χ2v) is 5.08. The molecule has 0 amide bonds. The van der Waals surface area contributed by atoms with E-state index in [2.05, 4.69) is 29.6 Å². The summed E-state index contributed by atoms with van der Waals surface area (Å²) in [6, 6.07) is 1.03. The number of nitrogens with one attached hydrogen (secondary N) is 2. The van der Waals surface area contributed by atoms with Gasteiger partial charge in [0.2, 0.25) is 5.96 Å². The molecule has 0 aliphatic heterocycles. The van der Waals surface area contributed by atoms with Crippen LogP contribution in [0.2, 0.25) is 0 Å². The highest BCUT2D eigenvalue weighted by Gasteiger charge is 2.38. The molecule has 2 rings (SSSR count). The molecule has 0 aromatic rings. The highest BCUT2D eigenvalue weighted by atomic mass is 15.3. The van der Waals surface area contributed by atoms with Crippen LogP contribution in [0.25, 0.3) is 0 Å². The molecule has 4 nitrogen and oxygen atoms in total. The van der Waals surface area contributed by atoms with Crippen molar-refractivity contribution in [3.8, 4) is 0 Å². The maximum absolute atomic E-state index is 5.42. The van der Waals surface area contributed by atoms with E-state index >= 15 is 0 Å². The van der Waals surface area contributed by atoms with E-state index in [1.54, 1.807) is 0 Å². The van der Waals surface area contributed by atoms with Crippen molar-refractivity contribution >= 4 is 5.96 Å². The number of rotatable bonds is 2. The van der Waals surface area contributed by atoms with Crippen molar-refractivity contribution in [1.82, 2.24) is 10.7 Å². The lowest BCUT2D eigenvalue weighted by atomic mass is 9.68. The molecule has 14 heavy (non-hydrogen) atoms. The smallest absolute Gasteiger partial charge is 0.206 e. The Hall–Kier alpha value is -0.770. The van der Waals surface area contributed by atoms with Crippen LogP contribution in [-0.4, -0.2) is 18.0 Å². The van der Waals surface area contributed by atoms with Crippen LogP contribution in [-0.2, 0) is 0 Å². The average molecular weight is 196 g/mol. The number of nitrogens with two attached hydrogens (primary N) is 1. The van der Waals surface area contributed by atoms with E-state index in [9.17, 15) is 0 Å². The zero-order valence-electron chi connectivity index (χ0n) is 9.01. The predicted molar refractivity (Wildman–Crippen MR) is 57.7 cm³/mol. The van der Waals surface area contributed by atoms with Crippen molar-refractivity contribution in [1.29, 1.82) is 0 Å². The minimum atomic E-state index is 0.354. The van der Waals surface area contributed by atoms with Gasteiger partial charge >= 0.3 is 0 Å². The Morgan fingerprint density at radius 1 is 1.36 bits per heavy atom. The zero-order valence-corrected chi connectivity index (χ0v) is 9.01. The number of hydrazine groups is 1. The van der Waals surface area contributed by atoms with Crippen LogP contribution in [0, 0.1) is 5.41 Å². The molecule has 0 radical (unpaired) electrons. The zero-order chi connectivity index (χ0) is 10.2. The SMILES string of the molecule is CC1(C)CCC1N=C(NN)NC1CC1. The Kier molecular flexibility index (Phi) is 2.39. The van der Waals surface area contributed by atoms with Crippen LogP contribution in [0.1, 0.15) is 39.5 Å². The van der Waals surface area contributed by atoms with Crippen LogP contribution in [0.5, 0.6) is 0 Å². The quantitative estimate of drug-likeness (QED) is 0.264. The largest absolute Gasteiger partial charge is 0.353 e. The van der Waals surface area contributed by atoms with Crippen molar-refractivity contribution in [2.75, 3.05) is 0 Å². The lowest BCUT2D eigenvalue weighted by Crippen LogP contribution is -2.47. The Bertz CT molecular complexity index is 243. The molecule has 80 valence electrons. The molecule has 1 unspecified atom stereocenters. The van der Waals surface area contributed by atoms with Gasteiger partial charge < -0.3 is 5.32 Å². The van der Waals surface area contributed by atoms with Gasteiger partial charge in [-0.2, -0.15) is 0 Å². The number of hydrogen-bond acceptors (Lipinski definition) is 2. The first-order valence-corrected chi connectivity index (χ1v) is 5.43. The van der Waals surface area contributed by atoms with Gasteiger partial charge in [-0.3, -0.25) is 5.43 Å². The van der Waals surface area contributed by atoms with Gasteiger partial charge in [0.1, 0.15) is 0 Å². The van der Waals surface area contributed by atoms with E-state index in [0.717, 1.165) is 5.96 Å². The standard InChI is InChI=1S/C10H20N4/c1-10(2)6-5-8(10)13-9(14-11)12-7-3-4-7/h7-8H,3-6,11H2,1-2H3,(H2,12,13,14). The van der Waals surface area contributed by atoms with Gasteiger partial charge in [-0.15, -0.1) is 0 Å². The number of nitrogens with zero attached hydrogens (tertiary/aromatic N) is 1. The van der Waals surface area contributed by atoms with E-state index in [-0.39, 0.29) is 0 Å². The molecule has 1 atom stereocenters. The summed E-state index contributed by atoms with van der Waals surface area (Å²) < 4.78 is 0. The first kappa shape index (κ1) is 9.77. The molecular formula is C10H20N4. The highest BCUT2D eigenvalue weighted by Crippen LogP contribution is 2.42. The summed E-state index contributed by atoms with van der Waals surface area (Å²) >= 11 is 0. The molecule has 2 aliphatic carbocycles. The molecule has 0 aromatic heterocycles. The van der Waals surface area contributed by atoms with Crippen LogP contribution in [0.4, 0.5) is 0 Å².